The molecule has 1 saturated heterocycles. The van der Waals surface area contributed by atoms with Gasteiger partial charge in [0.2, 0.25) is 0 Å². The zero-order valence-electron chi connectivity index (χ0n) is 7.26. The lowest BCUT2D eigenvalue weighted by Gasteiger charge is -2.12. The summed E-state index contributed by atoms with van der Waals surface area (Å²) in [6.07, 6.45) is 2.24. The molecular formula is C10H12ClNO. The molecule has 13 heavy (non-hydrogen) atoms. The number of nitrogens with one attached hydrogen (secondary N) is 1. The molecule has 1 atom stereocenters. The lowest BCUT2D eigenvalue weighted by molar-refractivity contribution is 0.457. The number of phenolic OH excluding ortho intramolecular Hbond substituents is 1. The Labute approximate surface area is 82.5 Å². The second-order valence-electron chi connectivity index (χ2n) is 3.35. The fourth-order valence-corrected chi connectivity index (χ4v) is 1.94. The minimum absolute atomic E-state index is 0.277. The molecule has 0 unspecified atom stereocenters. The van der Waals surface area contributed by atoms with E-state index in [-0.39, 0.29) is 6.04 Å². The molecule has 0 amide bonds. The van der Waals surface area contributed by atoms with Crippen LogP contribution >= 0.6 is 11.6 Å². The number of hydrogen-bond donors (Lipinski definition) is 2. The van der Waals surface area contributed by atoms with Gasteiger partial charge in [-0.1, -0.05) is 11.6 Å². The predicted octanol–water partition coefficient (Wildman–Crippen LogP) is 2.47. The normalized spacial score (nSPS) is 22.1. The lowest BCUT2D eigenvalue weighted by atomic mass is 10.0. The third-order valence-electron chi connectivity index (χ3n) is 2.43. The van der Waals surface area contributed by atoms with Gasteiger partial charge < -0.3 is 10.4 Å². The Morgan fingerprint density at radius 3 is 3.00 bits per heavy atom. The van der Waals surface area contributed by atoms with Crippen molar-refractivity contribution in [2.75, 3.05) is 6.54 Å². The number of phenols is 1. The first-order valence-electron chi connectivity index (χ1n) is 4.49. The van der Waals surface area contributed by atoms with Gasteiger partial charge in [-0.2, -0.15) is 0 Å². The van der Waals surface area contributed by atoms with Crippen molar-refractivity contribution in [3.63, 3.8) is 0 Å². The van der Waals surface area contributed by atoms with Gasteiger partial charge in [-0.05, 0) is 37.6 Å². The molecule has 0 aliphatic carbocycles. The van der Waals surface area contributed by atoms with Gasteiger partial charge in [0.25, 0.3) is 0 Å². The number of hydrogen-bond acceptors (Lipinski definition) is 2. The SMILES string of the molecule is Oc1ccc(Cl)cc1[C@@H]1CCCN1. The summed E-state index contributed by atoms with van der Waals surface area (Å²) in [5.74, 6) is 0.337. The molecule has 1 heterocycles. The molecule has 1 aromatic carbocycles. The number of aromatic hydroxyl groups is 1. The number of halogens is 1. The molecule has 1 aliphatic heterocycles. The van der Waals surface area contributed by atoms with Crippen LogP contribution in [0, 0.1) is 0 Å². The highest BCUT2D eigenvalue weighted by molar-refractivity contribution is 6.30. The Morgan fingerprint density at radius 2 is 2.31 bits per heavy atom. The molecule has 0 radical (unpaired) electrons. The summed E-state index contributed by atoms with van der Waals surface area (Å²) in [5, 5.41) is 13.6. The maximum absolute atomic E-state index is 9.60. The molecule has 1 aliphatic rings. The second-order valence-corrected chi connectivity index (χ2v) is 3.79. The minimum Gasteiger partial charge on any atom is -0.508 e. The van der Waals surface area contributed by atoms with Crippen LogP contribution in [0.25, 0.3) is 0 Å². The van der Waals surface area contributed by atoms with E-state index in [9.17, 15) is 5.11 Å². The summed E-state index contributed by atoms with van der Waals surface area (Å²) < 4.78 is 0. The molecule has 0 bridgehead atoms. The molecule has 1 fully saturated rings. The van der Waals surface area contributed by atoms with Crippen molar-refractivity contribution >= 4 is 11.6 Å². The van der Waals surface area contributed by atoms with Gasteiger partial charge in [-0.25, -0.2) is 0 Å². The Balaban J connectivity index is 2.32. The van der Waals surface area contributed by atoms with Crippen molar-refractivity contribution < 1.29 is 5.11 Å². The van der Waals surface area contributed by atoms with Gasteiger partial charge in [-0.3, -0.25) is 0 Å². The molecule has 0 spiro atoms. The van der Waals surface area contributed by atoms with Gasteiger partial charge in [0.05, 0.1) is 0 Å². The summed E-state index contributed by atoms with van der Waals surface area (Å²) >= 11 is 5.86. The topological polar surface area (TPSA) is 32.3 Å². The van der Waals surface area contributed by atoms with Crippen molar-refractivity contribution in [3.8, 4) is 5.75 Å². The molecule has 2 rings (SSSR count). The maximum atomic E-state index is 9.60. The summed E-state index contributed by atoms with van der Waals surface area (Å²) in [6, 6.07) is 5.46. The van der Waals surface area contributed by atoms with Gasteiger partial charge in [0, 0.05) is 16.6 Å². The van der Waals surface area contributed by atoms with E-state index in [0.29, 0.717) is 10.8 Å². The number of benzene rings is 1. The molecule has 3 heteroatoms. The summed E-state index contributed by atoms with van der Waals surface area (Å²) in [6.45, 7) is 1.02. The van der Waals surface area contributed by atoms with E-state index in [1.54, 1.807) is 12.1 Å². The molecule has 2 N–H and O–H groups in total. The smallest absolute Gasteiger partial charge is 0.120 e. The zero-order chi connectivity index (χ0) is 9.26. The van der Waals surface area contributed by atoms with Gasteiger partial charge in [0.1, 0.15) is 5.75 Å². The van der Waals surface area contributed by atoms with E-state index in [1.807, 2.05) is 6.07 Å². The lowest BCUT2D eigenvalue weighted by Crippen LogP contribution is -2.12. The first-order chi connectivity index (χ1) is 6.27. The van der Waals surface area contributed by atoms with Crippen LogP contribution < -0.4 is 5.32 Å². The average molecular weight is 198 g/mol. The fourth-order valence-electron chi connectivity index (χ4n) is 1.75. The quantitative estimate of drug-likeness (QED) is 0.725. The van der Waals surface area contributed by atoms with Crippen LogP contribution in [-0.4, -0.2) is 11.7 Å². The minimum atomic E-state index is 0.277. The summed E-state index contributed by atoms with van der Waals surface area (Å²) in [7, 11) is 0. The average Bonchev–Trinajstić information content (AvgIpc) is 2.61. The molecule has 1 aromatic rings. The van der Waals surface area contributed by atoms with E-state index in [2.05, 4.69) is 5.32 Å². The van der Waals surface area contributed by atoms with E-state index in [1.165, 1.54) is 0 Å². The molecular weight excluding hydrogens is 186 g/mol. The zero-order valence-corrected chi connectivity index (χ0v) is 8.01. The predicted molar refractivity (Wildman–Crippen MR) is 53.1 cm³/mol. The Hall–Kier alpha value is -0.730. The number of rotatable bonds is 1. The van der Waals surface area contributed by atoms with Crippen LogP contribution in [0.1, 0.15) is 24.4 Å². The second kappa shape index (κ2) is 3.56. The fraction of sp³-hybridized carbons (Fsp3) is 0.400. The van der Waals surface area contributed by atoms with Crippen LogP contribution in [-0.2, 0) is 0 Å². The van der Waals surface area contributed by atoms with E-state index < -0.39 is 0 Å². The first-order valence-corrected chi connectivity index (χ1v) is 4.87. The third kappa shape index (κ3) is 1.79. The molecule has 0 saturated carbocycles. The maximum Gasteiger partial charge on any atom is 0.120 e. The van der Waals surface area contributed by atoms with Crippen molar-refractivity contribution in [1.29, 1.82) is 0 Å². The summed E-state index contributed by atoms with van der Waals surface area (Å²) in [4.78, 5) is 0. The third-order valence-corrected chi connectivity index (χ3v) is 2.66. The highest BCUT2D eigenvalue weighted by Gasteiger charge is 2.19. The van der Waals surface area contributed by atoms with Gasteiger partial charge >= 0.3 is 0 Å². The van der Waals surface area contributed by atoms with Crippen LogP contribution in [0.2, 0.25) is 5.02 Å². The Kier molecular flexibility index (Phi) is 2.42. The highest BCUT2D eigenvalue weighted by Crippen LogP contribution is 2.31. The van der Waals surface area contributed by atoms with Gasteiger partial charge in [-0.15, -0.1) is 0 Å². The molecule has 0 aromatic heterocycles. The highest BCUT2D eigenvalue weighted by atomic mass is 35.5. The van der Waals surface area contributed by atoms with Crippen molar-refractivity contribution in [3.05, 3.63) is 28.8 Å². The van der Waals surface area contributed by atoms with Gasteiger partial charge in [0.15, 0.2) is 0 Å². The molecule has 2 nitrogen and oxygen atoms in total. The van der Waals surface area contributed by atoms with Crippen LogP contribution in [0.4, 0.5) is 0 Å². The van der Waals surface area contributed by atoms with Crippen LogP contribution in [0.15, 0.2) is 18.2 Å². The summed E-state index contributed by atoms with van der Waals surface area (Å²) in [5.41, 5.74) is 0.921. The van der Waals surface area contributed by atoms with Crippen molar-refractivity contribution in [1.82, 2.24) is 5.32 Å². The van der Waals surface area contributed by atoms with Crippen molar-refractivity contribution in [2.24, 2.45) is 0 Å². The van der Waals surface area contributed by atoms with E-state index in [0.717, 1.165) is 24.9 Å². The monoisotopic (exact) mass is 197 g/mol. The van der Waals surface area contributed by atoms with Crippen LogP contribution in [0.5, 0.6) is 5.75 Å². The Bertz CT molecular complexity index is 308. The van der Waals surface area contributed by atoms with Crippen LogP contribution in [0.3, 0.4) is 0 Å². The largest absolute Gasteiger partial charge is 0.508 e. The van der Waals surface area contributed by atoms with E-state index in [4.69, 9.17) is 11.6 Å². The van der Waals surface area contributed by atoms with Crippen molar-refractivity contribution in [2.45, 2.75) is 18.9 Å². The first kappa shape index (κ1) is 8.85. The van der Waals surface area contributed by atoms with E-state index >= 15 is 0 Å². The Morgan fingerprint density at radius 1 is 1.46 bits per heavy atom. The molecule has 70 valence electrons. The standard InChI is InChI=1S/C10H12ClNO/c11-7-3-4-10(13)8(6-7)9-2-1-5-12-9/h3-4,6,9,12-13H,1-2,5H2/t9-/m0/s1.